The average molecular weight is 374 g/mol. The van der Waals surface area contributed by atoms with E-state index in [-0.39, 0.29) is 5.91 Å². The number of hydrogen-bond acceptors (Lipinski definition) is 4. The maximum absolute atomic E-state index is 12.9. The minimum atomic E-state index is -0.0468. The number of nitrogens with one attached hydrogen (secondary N) is 1. The Morgan fingerprint density at radius 1 is 1.00 bits per heavy atom. The molecule has 2 aromatic heterocycles. The highest BCUT2D eigenvalue weighted by Gasteiger charge is 2.14. The summed E-state index contributed by atoms with van der Waals surface area (Å²) in [4.78, 5) is 24.5. The van der Waals surface area contributed by atoms with Gasteiger partial charge in [0, 0.05) is 18.1 Å². The molecule has 0 aliphatic carbocycles. The molecule has 5 nitrogen and oxygen atoms in total. The SMILES string of the molecule is O=C(NCCCN1CCCCC1)c1cc(-c2ccccn2)nc2ccccc12. The Morgan fingerprint density at radius 3 is 2.64 bits per heavy atom. The maximum atomic E-state index is 12.9. The van der Waals surface area contributed by atoms with Crippen LogP contribution in [0.1, 0.15) is 36.0 Å². The lowest BCUT2D eigenvalue weighted by atomic mass is 10.1. The predicted molar refractivity (Wildman–Crippen MR) is 112 cm³/mol. The lowest BCUT2D eigenvalue weighted by Gasteiger charge is -2.26. The molecule has 0 unspecified atom stereocenters. The van der Waals surface area contributed by atoms with E-state index in [9.17, 15) is 4.79 Å². The molecule has 0 atom stereocenters. The van der Waals surface area contributed by atoms with Crippen molar-refractivity contribution in [3.05, 3.63) is 60.3 Å². The fraction of sp³-hybridized carbons (Fsp3) is 0.348. The molecular weight excluding hydrogens is 348 g/mol. The van der Waals surface area contributed by atoms with Crippen LogP contribution in [0.15, 0.2) is 54.7 Å². The molecule has 1 aromatic carbocycles. The van der Waals surface area contributed by atoms with Gasteiger partial charge < -0.3 is 10.2 Å². The number of nitrogens with zero attached hydrogens (tertiary/aromatic N) is 3. The smallest absolute Gasteiger partial charge is 0.252 e. The standard InChI is InChI=1S/C23H26N4O/c28-23(25-13-8-16-27-14-6-1-7-15-27)19-17-22(21-11-4-5-12-24-21)26-20-10-3-2-9-18(19)20/h2-5,9-12,17H,1,6-8,13-16H2,(H,25,28). The number of carbonyl (C=O) groups excluding carboxylic acids is 1. The minimum absolute atomic E-state index is 0.0468. The van der Waals surface area contributed by atoms with Gasteiger partial charge in [-0.1, -0.05) is 30.7 Å². The van der Waals surface area contributed by atoms with Gasteiger partial charge in [0.25, 0.3) is 5.91 Å². The van der Waals surface area contributed by atoms with Gasteiger partial charge in [0.2, 0.25) is 0 Å². The molecule has 1 saturated heterocycles. The summed E-state index contributed by atoms with van der Waals surface area (Å²) in [7, 11) is 0. The molecule has 1 aliphatic heterocycles. The third kappa shape index (κ3) is 4.37. The third-order valence-electron chi connectivity index (χ3n) is 5.27. The van der Waals surface area contributed by atoms with E-state index in [1.807, 2.05) is 48.5 Å². The molecule has 4 rings (SSSR count). The fourth-order valence-corrected chi connectivity index (χ4v) is 3.79. The number of amides is 1. The van der Waals surface area contributed by atoms with Crippen molar-refractivity contribution in [3.63, 3.8) is 0 Å². The predicted octanol–water partition coefficient (Wildman–Crippen LogP) is 3.90. The molecule has 5 heteroatoms. The molecule has 28 heavy (non-hydrogen) atoms. The highest BCUT2D eigenvalue weighted by atomic mass is 16.1. The van der Waals surface area contributed by atoms with Crippen LogP contribution in [0.2, 0.25) is 0 Å². The zero-order valence-electron chi connectivity index (χ0n) is 16.1. The number of piperidine rings is 1. The van der Waals surface area contributed by atoms with Gasteiger partial charge in [0.1, 0.15) is 0 Å². The second-order valence-corrected chi connectivity index (χ2v) is 7.30. The highest BCUT2D eigenvalue weighted by molar-refractivity contribution is 6.07. The number of carbonyl (C=O) groups is 1. The van der Waals surface area contributed by atoms with E-state index in [1.165, 1.54) is 32.4 Å². The molecule has 3 heterocycles. The molecule has 0 radical (unpaired) electrons. The average Bonchev–Trinajstić information content (AvgIpc) is 2.77. The molecular formula is C23H26N4O. The van der Waals surface area contributed by atoms with Gasteiger partial charge in [-0.2, -0.15) is 0 Å². The molecule has 3 aromatic rings. The summed E-state index contributed by atoms with van der Waals surface area (Å²) in [6.45, 7) is 4.12. The van der Waals surface area contributed by atoms with E-state index in [1.54, 1.807) is 6.20 Å². The third-order valence-corrected chi connectivity index (χ3v) is 5.27. The normalized spacial score (nSPS) is 14.9. The van der Waals surface area contributed by atoms with Crippen molar-refractivity contribution in [2.45, 2.75) is 25.7 Å². The van der Waals surface area contributed by atoms with Crippen LogP contribution in [0.3, 0.4) is 0 Å². The monoisotopic (exact) mass is 374 g/mol. The maximum Gasteiger partial charge on any atom is 0.252 e. The van der Waals surface area contributed by atoms with E-state index in [2.05, 4.69) is 15.2 Å². The zero-order valence-corrected chi connectivity index (χ0v) is 16.1. The van der Waals surface area contributed by atoms with Gasteiger partial charge in [-0.3, -0.25) is 9.78 Å². The molecule has 1 fully saturated rings. The Bertz CT molecular complexity index is 936. The molecule has 0 saturated carbocycles. The summed E-state index contributed by atoms with van der Waals surface area (Å²) in [5.74, 6) is -0.0468. The van der Waals surface area contributed by atoms with Gasteiger partial charge in [0.05, 0.1) is 22.5 Å². The largest absolute Gasteiger partial charge is 0.352 e. The molecule has 1 amide bonds. The summed E-state index contributed by atoms with van der Waals surface area (Å²) in [6, 6.07) is 15.3. The number of benzene rings is 1. The number of fused-ring (bicyclic) bond motifs is 1. The first kappa shape index (κ1) is 18.6. The van der Waals surface area contributed by atoms with Gasteiger partial charge >= 0.3 is 0 Å². The molecule has 1 aliphatic rings. The van der Waals surface area contributed by atoms with Crippen molar-refractivity contribution in [2.24, 2.45) is 0 Å². The summed E-state index contributed by atoms with van der Waals surface area (Å²) in [5.41, 5.74) is 2.96. The van der Waals surface area contributed by atoms with Crippen LogP contribution < -0.4 is 5.32 Å². The van der Waals surface area contributed by atoms with E-state index in [4.69, 9.17) is 4.98 Å². The first-order valence-corrected chi connectivity index (χ1v) is 10.1. The summed E-state index contributed by atoms with van der Waals surface area (Å²) < 4.78 is 0. The van der Waals surface area contributed by atoms with Gasteiger partial charge in [-0.25, -0.2) is 4.98 Å². The summed E-state index contributed by atoms with van der Waals surface area (Å²) >= 11 is 0. The molecule has 0 bridgehead atoms. The summed E-state index contributed by atoms with van der Waals surface area (Å²) in [5, 5.41) is 3.97. The molecule has 0 spiro atoms. The Kier molecular flexibility index (Phi) is 5.92. The van der Waals surface area contributed by atoms with E-state index in [0.29, 0.717) is 12.1 Å². The number of hydrogen-bond donors (Lipinski definition) is 1. The van der Waals surface area contributed by atoms with E-state index >= 15 is 0 Å². The first-order valence-electron chi connectivity index (χ1n) is 10.1. The van der Waals surface area contributed by atoms with Crippen LogP contribution in [0.4, 0.5) is 0 Å². The minimum Gasteiger partial charge on any atom is -0.352 e. The van der Waals surface area contributed by atoms with Crippen LogP contribution in [0.25, 0.3) is 22.3 Å². The second kappa shape index (κ2) is 8.93. The van der Waals surface area contributed by atoms with Gasteiger partial charge in [0.15, 0.2) is 0 Å². The number of pyridine rings is 2. The topological polar surface area (TPSA) is 58.1 Å². The molecule has 144 valence electrons. The lowest BCUT2D eigenvalue weighted by molar-refractivity contribution is 0.0952. The van der Waals surface area contributed by atoms with Crippen LogP contribution in [0.5, 0.6) is 0 Å². The Labute approximate surface area is 165 Å². The Balaban J connectivity index is 1.49. The van der Waals surface area contributed by atoms with Crippen LogP contribution in [0, 0.1) is 0 Å². The van der Waals surface area contributed by atoms with Crippen LogP contribution in [-0.2, 0) is 0 Å². The molecule has 1 N–H and O–H groups in total. The van der Waals surface area contributed by atoms with E-state index < -0.39 is 0 Å². The van der Waals surface area contributed by atoms with Crippen molar-refractivity contribution in [1.82, 2.24) is 20.2 Å². The Morgan fingerprint density at radius 2 is 1.82 bits per heavy atom. The van der Waals surface area contributed by atoms with Crippen molar-refractivity contribution in [1.29, 1.82) is 0 Å². The highest BCUT2D eigenvalue weighted by Crippen LogP contribution is 2.23. The van der Waals surface area contributed by atoms with E-state index in [0.717, 1.165) is 35.3 Å². The van der Waals surface area contributed by atoms with Crippen molar-refractivity contribution in [2.75, 3.05) is 26.2 Å². The number of para-hydroxylation sites is 1. The lowest BCUT2D eigenvalue weighted by Crippen LogP contribution is -2.33. The van der Waals surface area contributed by atoms with Crippen molar-refractivity contribution < 1.29 is 4.79 Å². The second-order valence-electron chi connectivity index (χ2n) is 7.30. The van der Waals surface area contributed by atoms with Crippen LogP contribution >= 0.6 is 0 Å². The summed E-state index contributed by atoms with van der Waals surface area (Å²) in [6.07, 6.45) is 6.66. The zero-order chi connectivity index (χ0) is 19.2. The first-order chi connectivity index (χ1) is 13.8. The van der Waals surface area contributed by atoms with Crippen molar-refractivity contribution in [3.8, 4) is 11.4 Å². The Hall–Kier alpha value is -2.79. The van der Waals surface area contributed by atoms with Gasteiger partial charge in [-0.05, 0) is 63.2 Å². The quantitative estimate of drug-likeness (QED) is 0.665. The van der Waals surface area contributed by atoms with Crippen molar-refractivity contribution >= 4 is 16.8 Å². The van der Waals surface area contributed by atoms with Gasteiger partial charge in [-0.15, -0.1) is 0 Å². The number of aromatic nitrogens is 2. The number of rotatable bonds is 6. The fourth-order valence-electron chi connectivity index (χ4n) is 3.79. The number of likely N-dealkylation sites (tertiary alicyclic amines) is 1. The van der Waals surface area contributed by atoms with Crippen LogP contribution in [-0.4, -0.2) is 47.0 Å².